The summed E-state index contributed by atoms with van der Waals surface area (Å²) in [4.78, 5) is 23.2. The van der Waals surface area contributed by atoms with Gasteiger partial charge in [-0.15, -0.1) is 0 Å². The lowest BCUT2D eigenvalue weighted by molar-refractivity contribution is 0.0636. The zero-order chi connectivity index (χ0) is 27.7. The monoisotopic (exact) mass is 532 g/mol. The van der Waals surface area contributed by atoms with Gasteiger partial charge in [-0.1, -0.05) is 42.0 Å². The fourth-order valence-electron chi connectivity index (χ4n) is 3.85. The summed E-state index contributed by atoms with van der Waals surface area (Å²) >= 11 is 0. The molecule has 0 unspecified atom stereocenters. The third-order valence-corrected chi connectivity index (χ3v) is 5.68. The number of nitrogens with one attached hydrogen (secondary N) is 2. The molecule has 1 aliphatic heterocycles. The van der Waals surface area contributed by atoms with E-state index < -0.39 is 11.7 Å². The minimum Gasteiger partial charge on any atom is -0.463 e. The quantitative estimate of drug-likeness (QED) is 0.292. The van der Waals surface area contributed by atoms with Crippen molar-refractivity contribution in [2.45, 2.75) is 39.7 Å². The average Bonchev–Trinajstić information content (AvgIpc) is 2.89. The molecular formula is C29H36N6O4. The Morgan fingerprint density at radius 2 is 1.87 bits per heavy atom. The summed E-state index contributed by atoms with van der Waals surface area (Å²) in [6, 6.07) is 17.8. The molecule has 0 bridgehead atoms. The molecule has 10 heteroatoms. The second kappa shape index (κ2) is 13.1. The van der Waals surface area contributed by atoms with Gasteiger partial charge in [-0.2, -0.15) is 15.1 Å². The Hall–Kier alpha value is -4.18. The molecule has 0 radical (unpaired) electrons. The van der Waals surface area contributed by atoms with Crippen LogP contribution in [0.4, 0.5) is 22.1 Å². The molecule has 0 spiro atoms. The van der Waals surface area contributed by atoms with E-state index in [-0.39, 0.29) is 6.01 Å². The Kier molecular flexibility index (Phi) is 9.32. The molecule has 0 saturated carbocycles. The first-order chi connectivity index (χ1) is 18.7. The maximum Gasteiger partial charge on any atom is 0.412 e. The second-order valence-corrected chi connectivity index (χ2v) is 10.2. The van der Waals surface area contributed by atoms with E-state index in [2.05, 4.69) is 36.8 Å². The number of hydrogen-bond donors (Lipinski definition) is 2. The summed E-state index contributed by atoms with van der Waals surface area (Å²) in [5.74, 6) is 1.30. The first-order valence-corrected chi connectivity index (χ1v) is 13.0. The lowest BCUT2D eigenvalue weighted by Gasteiger charge is -2.28. The van der Waals surface area contributed by atoms with Crippen LogP contribution in [0.15, 0.2) is 59.7 Å². The number of benzene rings is 2. The fourth-order valence-corrected chi connectivity index (χ4v) is 3.85. The summed E-state index contributed by atoms with van der Waals surface area (Å²) in [6.07, 6.45) is 1.92. The number of ether oxygens (including phenoxy) is 3. The largest absolute Gasteiger partial charge is 0.463 e. The number of carbonyl (C=O) groups excluding carboxylic acids is 1. The van der Waals surface area contributed by atoms with Gasteiger partial charge in [0.2, 0.25) is 0 Å². The molecule has 2 N–H and O–H groups in total. The topological polar surface area (TPSA) is 110 Å². The van der Waals surface area contributed by atoms with Gasteiger partial charge in [0.15, 0.2) is 5.82 Å². The number of hydrazone groups is 1. The molecule has 39 heavy (non-hydrogen) atoms. The van der Waals surface area contributed by atoms with Gasteiger partial charge in [-0.05, 0) is 51.0 Å². The molecule has 1 amide bonds. The van der Waals surface area contributed by atoms with E-state index in [4.69, 9.17) is 14.2 Å². The highest BCUT2D eigenvalue weighted by atomic mass is 16.6. The van der Waals surface area contributed by atoms with Crippen LogP contribution in [0.3, 0.4) is 0 Å². The first-order valence-electron chi connectivity index (χ1n) is 13.0. The summed E-state index contributed by atoms with van der Waals surface area (Å²) < 4.78 is 16.7. The van der Waals surface area contributed by atoms with Crippen LogP contribution < -0.4 is 20.4 Å². The van der Waals surface area contributed by atoms with Crippen molar-refractivity contribution in [3.8, 4) is 6.01 Å². The lowest BCUT2D eigenvalue weighted by Crippen LogP contribution is -2.36. The number of amides is 1. The number of nitrogens with zero attached hydrogens (tertiary/aromatic N) is 4. The van der Waals surface area contributed by atoms with Crippen molar-refractivity contribution in [1.29, 1.82) is 0 Å². The Labute approximate surface area is 229 Å². The lowest BCUT2D eigenvalue weighted by atomic mass is 10.1. The summed E-state index contributed by atoms with van der Waals surface area (Å²) in [5.41, 5.74) is 6.34. The predicted octanol–water partition coefficient (Wildman–Crippen LogP) is 5.04. The first kappa shape index (κ1) is 27.8. The highest BCUT2D eigenvalue weighted by molar-refractivity contribution is 5.84. The van der Waals surface area contributed by atoms with Crippen molar-refractivity contribution in [3.05, 3.63) is 71.3 Å². The third-order valence-electron chi connectivity index (χ3n) is 5.68. The van der Waals surface area contributed by atoms with Crippen molar-refractivity contribution in [3.63, 3.8) is 0 Å². The smallest absolute Gasteiger partial charge is 0.412 e. The van der Waals surface area contributed by atoms with Gasteiger partial charge < -0.3 is 19.1 Å². The van der Waals surface area contributed by atoms with Crippen molar-refractivity contribution < 1.29 is 19.0 Å². The van der Waals surface area contributed by atoms with E-state index in [0.717, 1.165) is 30.0 Å². The third kappa shape index (κ3) is 9.26. The molecule has 2 aromatic carbocycles. The Morgan fingerprint density at radius 1 is 1.10 bits per heavy atom. The number of aromatic nitrogens is 2. The zero-order valence-electron chi connectivity index (χ0n) is 22.9. The van der Waals surface area contributed by atoms with Crippen LogP contribution in [0.25, 0.3) is 0 Å². The van der Waals surface area contributed by atoms with Crippen molar-refractivity contribution >= 4 is 29.6 Å². The molecular weight excluding hydrogens is 496 g/mol. The molecule has 1 fully saturated rings. The van der Waals surface area contributed by atoms with E-state index in [1.165, 1.54) is 5.56 Å². The minimum atomic E-state index is -0.550. The van der Waals surface area contributed by atoms with Crippen molar-refractivity contribution in [2.75, 3.05) is 48.6 Å². The maximum atomic E-state index is 12.0. The summed E-state index contributed by atoms with van der Waals surface area (Å²) in [7, 11) is 0. The molecule has 10 nitrogen and oxygen atoms in total. The standard InChI is InChI=1S/C29H36N6O4/c1-21-6-5-7-23(18-21)20-30-34-25-19-26(35-13-16-37-17-14-35)33-27(32-25)38-15-12-22-8-10-24(11-9-22)31-28(36)39-29(2,3)4/h5-11,18-20H,12-17H2,1-4H3,(H,31,36)(H,32,33,34)/b30-20+. The van der Waals surface area contributed by atoms with Gasteiger partial charge in [0.25, 0.3) is 0 Å². The van der Waals surface area contributed by atoms with Crippen LogP contribution in [0.1, 0.15) is 37.5 Å². The van der Waals surface area contributed by atoms with E-state index in [9.17, 15) is 4.79 Å². The number of hydrogen-bond acceptors (Lipinski definition) is 9. The number of aryl methyl sites for hydroxylation is 1. The summed E-state index contributed by atoms with van der Waals surface area (Å²) in [5, 5.41) is 7.09. The molecule has 2 heterocycles. The van der Waals surface area contributed by atoms with E-state index in [1.54, 1.807) is 6.21 Å². The normalized spacial score (nSPS) is 13.8. The van der Waals surface area contributed by atoms with Gasteiger partial charge in [-0.25, -0.2) is 4.79 Å². The van der Waals surface area contributed by atoms with Crippen LogP contribution >= 0.6 is 0 Å². The van der Waals surface area contributed by atoms with Crippen LogP contribution in [-0.4, -0.2) is 60.8 Å². The maximum absolute atomic E-state index is 12.0. The second-order valence-electron chi connectivity index (χ2n) is 10.2. The van der Waals surface area contributed by atoms with E-state index >= 15 is 0 Å². The van der Waals surface area contributed by atoms with Crippen LogP contribution in [0.2, 0.25) is 0 Å². The van der Waals surface area contributed by atoms with Gasteiger partial charge in [0.1, 0.15) is 11.4 Å². The molecule has 4 rings (SSSR count). The van der Waals surface area contributed by atoms with E-state index in [1.807, 2.05) is 76.2 Å². The SMILES string of the molecule is Cc1cccc(/C=N/Nc2cc(N3CCOCC3)nc(OCCc3ccc(NC(=O)OC(C)(C)C)cc3)n2)c1. The predicted molar refractivity (Wildman–Crippen MR) is 153 cm³/mol. The molecule has 0 aliphatic carbocycles. The minimum absolute atomic E-state index is 0.274. The summed E-state index contributed by atoms with van der Waals surface area (Å²) in [6.45, 7) is 10.7. The molecule has 3 aromatic rings. The Bertz CT molecular complexity index is 1270. The number of rotatable bonds is 9. The molecule has 0 atom stereocenters. The average molecular weight is 533 g/mol. The highest BCUT2D eigenvalue weighted by Crippen LogP contribution is 2.21. The fraction of sp³-hybridized carbons (Fsp3) is 0.379. The molecule has 1 aliphatic rings. The molecule has 1 aromatic heterocycles. The number of carbonyl (C=O) groups is 1. The molecule has 206 valence electrons. The Balaban J connectivity index is 1.37. The van der Waals surface area contributed by atoms with Gasteiger partial charge in [0.05, 0.1) is 26.0 Å². The van der Waals surface area contributed by atoms with Crippen molar-refractivity contribution in [2.24, 2.45) is 5.10 Å². The van der Waals surface area contributed by atoms with Crippen LogP contribution in [0.5, 0.6) is 6.01 Å². The van der Waals surface area contributed by atoms with Gasteiger partial charge in [0, 0.05) is 31.3 Å². The highest BCUT2D eigenvalue weighted by Gasteiger charge is 2.17. The number of anilines is 3. The van der Waals surface area contributed by atoms with Crippen LogP contribution in [0, 0.1) is 6.92 Å². The molecule has 1 saturated heterocycles. The van der Waals surface area contributed by atoms with Crippen LogP contribution in [-0.2, 0) is 15.9 Å². The van der Waals surface area contributed by atoms with Gasteiger partial charge in [-0.3, -0.25) is 10.7 Å². The van der Waals surface area contributed by atoms with Gasteiger partial charge >= 0.3 is 12.1 Å². The zero-order valence-corrected chi connectivity index (χ0v) is 22.9. The number of morpholine rings is 1. The van der Waals surface area contributed by atoms with Crippen molar-refractivity contribution in [1.82, 2.24) is 9.97 Å². The Morgan fingerprint density at radius 3 is 2.59 bits per heavy atom. The van der Waals surface area contributed by atoms with E-state index in [0.29, 0.717) is 37.7 Å².